The third-order valence-corrected chi connectivity index (χ3v) is 8.04. The molecular formula is C25H31N2O4P. The molecule has 0 aliphatic heterocycles. The van der Waals surface area contributed by atoms with Crippen molar-refractivity contribution in [1.29, 1.82) is 0 Å². The maximum atomic E-state index is 14.0. The first kappa shape index (κ1) is 24.0. The van der Waals surface area contributed by atoms with Crippen LogP contribution < -0.4 is 5.56 Å². The van der Waals surface area contributed by atoms with Gasteiger partial charge in [0, 0.05) is 17.2 Å². The number of para-hydroxylation sites is 1. The number of benzene rings is 2. The lowest BCUT2D eigenvalue weighted by Gasteiger charge is -2.33. The quantitative estimate of drug-likeness (QED) is 0.310. The summed E-state index contributed by atoms with van der Waals surface area (Å²) in [6.45, 7) is 11.8. The molecule has 0 bridgehead atoms. The fraction of sp³-hybridized carbons (Fsp3) is 0.320. The molecular weight excluding hydrogens is 423 g/mol. The van der Waals surface area contributed by atoms with Crippen molar-refractivity contribution in [3.63, 3.8) is 0 Å². The summed E-state index contributed by atoms with van der Waals surface area (Å²) in [6.07, 6.45) is 0. The molecule has 0 amide bonds. The van der Waals surface area contributed by atoms with Gasteiger partial charge in [0.1, 0.15) is 0 Å². The Kier molecular flexibility index (Phi) is 7.73. The van der Waals surface area contributed by atoms with Gasteiger partial charge >= 0.3 is 7.60 Å². The summed E-state index contributed by atoms with van der Waals surface area (Å²) in [5.74, 6) is -0.564. The normalized spacial score (nSPS) is 13.6. The molecule has 3 aromatic rings. The van der Waals surface area contributed by atoms with Gasteiger partial charge in [-0.05, 0) is 45.4 Å². The first-order valence-corrected chi connectivity index (χ1v) is 12.4. The van der Waals surface area contributed by atoms with Crippen LogP contribution in [0.2, 0.25) is 0 Å². The molecule has 2 atom stereocenters. The van der Waals surface area contributed by atoms with Crippen molar-refractivity contribution in [3.05, 3.63) is 100.0 Å². The number of allylic oxidation sites excluding steroid dienone is 1. The minimum absolute atomic E-state index is 0.201. The molecule has 0 radical (unpaired) electrons. The van der Waals surface area contributed by atoms with Gasteiger partial charge in [0.15, 0.2) is 0 Å². The number of aromatic nitrogens is 2. The number of hydrogen-bond donors (Lipinski definition) is 1. The van der Waals surface area contributed by atoms with Crippen molar-refractivity contribution in [2.75, 3.05) is 13.2 Å². The average molecular weight is 455 g/mol. The van der Waals surface area contributed by atoms with Gasteiger partial charge in [0.25, 0.3) is 5.56 Å². The zero-order valence-corrected chi connectivity index (χ0v) is 20.0. The summed E-state index contributed by atoms with van der Waals surface area (Å²) in [7, 11) is -3.64. The van der Waals surface area contributed by atoms with Crippen LogP contribution in [0.5, 0.6) is 0 Å². The number of H-pyrrole nitrogens is 1. The van der Waals surface area contributed by atoms with E-state index in [9.17, 15) is 9.36 Å². The Morgan fingerprint density at radius 1 is 1.03 bits per heavy atom. The van der Waals surface area contributed by atoms with E-state index >= 15 is 0 Å². The van der Waals surface area contributed by atoms with E-state index in [1.165, 1.54) is 4.68 Å². The Hall–Kier alpha value is -2.66. The van der Waals surface area contributed by atoms with Gasteiger partial charge in [-0.15, -0.1) is 0 Å². The maximum absolute atomic E-state index is 14.0. The molecule has 0 fully saturated rings. The molecule has 170 valence electrons. The molecule has 6 nitrogen and oxygen atoms in total. The number of aromatic amines is 1. The second-order valence-corrected chi connectivity index (χ2v) is 9.83. The molecule has 0 saturated carbocycles. The van der Waals surface area contributed by atoms with Crippen LogP contribution in [0.25, 0.3) is 5.69 Å². The Morgan fingerprint density at radius 3 is 2.06 bits per heavy atom. The molecule has 1 aromatic heterocycles. The van der Waals surface area contributed by atoms with Gasteiger partial charge in [0.05, 0.1) is 24.6 Å². The highest BCUT2D eigenvalue weighted by molar-refractivity contribution is 7.55. The average Bonchev–Trinajstić information content (AvgIpc) is 3.07. The molecule has 0 spiro atoms. The topological polar surface area (TPSA) is 73.3 Å². The lowest BCUT2D eigenvalue weighted by atomic mass is 9.86. The third-order valence-electron chi connectivity index (χ3n) is 5.38. The third kappa shape index (κ3) is 4.73. The highest BCUT2D eigenvalue weighted by Gasteiger charge is 2.45. The van der Waals surface area contributed by atoms with Gasteiger partial charge in [-0.1, -0.05) is 60.7 Å². The SMILES string of the molecule is C=C(C)C(C(c1ccccc1)c1c(C)[nH]n(-c2ccccc2)c1=O)P(=O)(OCC)OCC. The van der Waals surface area contributed by atoms with Gasteiger partial charge in [-0.2, -0.15) is 0 Å². The molecule has 7 heteroatoms. The molecule has 2 unspecified atom stereocenters. The van der Waals surface area contributed by atoms with Gasteiger partial charge < -0.3 is 9.05 Å². The van der Waals surface area contributed by atoms with E-state index in [-0.39, 0.29) is 18.8 Å². The summed E-state index contributed by atoms with van der Waals surface area (Å²) in [5.41, 5.74) is 2.49. The fourth-order valence-corrected chi connectivity index (χ4v) is 6.49. The van der Waals surface area contributed by atoms with Crippen molar-refractivity contribution in [2.24, 2.45) is 0 Å². The summed E-state index contributed by atoms with van der Waals surface area (Å²) >= 11 is 0. The lowest BCUT2D eigenvalue weighted by molar-refractivity contribution is 0.213. The van der Waals surface area contributed by atoms with Crippen LogP contribution in [0.15, 0.2) is 77.6 Å². The molecule has 0 aliphatic rings. The predicted molar refractivity (Wildman–Crippen MR) is 129 cm³/mol. The summed E-state index contributed by atoms with van der Waals surface area (Å²) in [6, 6.07) is 19.0. The van der Waals surface area contributed by atoms with Crippen LogP contribution >= 0.6 is 7.60 Å². The zero-order chi connectivity index (χ0) is 23.3. The number of hydrogen-bond acceptors (Lipinski definition) is 4. The Balaban J connectivity index is 2.29. The van der Waals surface area contributed by atoms with Crippen LogP contribution in [-0.2, 0) is 13.6 Å². The van der Waals surface area contributed by atoms with E-state index in [1.54, 1.807) is 13.8 Å². The van der Waals surface area contributed by atoms with Crippen LogP contribution in [-0.4, -0.2) is 28.7 Å². The van der Waals surface area contributed by atoms with Crippen molar-refractivity contribution in [3.8, 4) is 5.69 Å². The first-order chi connectivity index (χ1) is 15.3. The smallest absolute Gasteiger partial charge is 0.308 e. The van der Waals surface area contributed by atoms with Crippen molar-refractivity contribution >= 4 is 7.60 Å². The standard InChI is InChI=1S/C25H31N2O4P/c1-6-30-32(29,31-7-2)24(18(3)4)23(20-14-10-8-11-15-20)22-19(5)26-27(25(22)28)21-16-12-9-13-17-21/h8-17,23-24,26H,3,6-7H2,1-2,4-5H3. The monoisotopic (exact) mass is 454 g/mol. The molecule has 0 saturated heterocycles. The molecule has 0 aliphatic carbocycles. The van der Waals surface area contributed by atoms with Gasteiger partial charge in [-0.3, -0.25) is 14.5 Å². The van der Waals surface area contributed by atoms with E-state index < -0.39 is 19.2 Å². The van der Waals surface area contributed by atoms with E-state index in [0.717, 1.165) is 11.3 Å². The molecule has 2 aromatic carbocycles. The summed E-state index contributed by atoms with van der Waals surface area (Å²) < 4.78 is 27.0. The highest BCUT2D eigenvalue weighted by Crippen LogP contribution is 2.60. The van der Waals surface area contributed by atoms with Crippen LogP contribution in [0, 0.1) is 6.92 Å². The summed E-state index contributed by atoms with van der Waals surface area (Å²) in [5, 5.41) is 3.19. The van der Waals surface area contributed by atoms with Crippen LogP contribution in [0.4, 0.5) is 0 Å². The van der Waals surface area contributed by atoms with E-state index in [2.05, 4.69) is 11.7 Å². The predicted octanol–water partition coefficient (Wildman–Crippen LogP) is 5.82. The molecule has 3 rings (SSSR count). The zero-order valence-electron chi connectivity index (χ0n) is 19.1. The van der Waals surface area contributed by atoms with Gasteiger partial charge in [0.2, 0.25) is 0 Å². The minimum Gasteiger partial charge on any atom is -0.308 e. The molecule has 1 heterocycles. The second-order valence-electron chi connectivity index (χ2n) is 7.68. The number of rotatable bonds is 10. The van der Waals surface area contributed by atoms with E-state index in [0.29, 0.717) is 16.8 Å². The van der Waals surface area contributed by atoms with E-state index in [4.69, 9.17) is 9.05 Å². The Morgan fingerprint density at radius 2 is 1.56 bits per heavy atom. The molecule has 1 N–H and O–H groups in total. The fourth-order valence-electron chi connectivity index (χ4n) is 4.15. The lowest BCUT2D eigenvalue weighted by Crippen LogP contribution is -2.29. The van der Waals surface area contributed by atoms with Gasteiger partial charge in [-0.25, -0.2) is 4.68 Å². The number of aryl methyl sites for hydroxylation is 1. The Bertz CT molecular complexity index is 1140. The van der Waals surface area contributed by atoms with Crippen LogP contribution in [0.3, 0.4) is 0 Å². The molecule has 32 heavy (non-hydrogen) atoms. The van der Waals surface area contributed by atoms with Crippen molar-refractivity contribution < 1.29 is 13.6 Å². The first-order valence-electron chi connectivity index (χ1n) is 10.8. The maximum Gasteiger partial charge on any atom is 0.338 e. The number of nitrogens with one attached hydrogen (secondary N) is 1. The van der Waals surface area contributed by atoms with Crippen molar-refractivity contribution in [1.82, 2.24) is 9.78 Å². The summed E-state index contributed by atoms with van der Waals surface area (Å²) in [4.78, 5) is 13.7. The largest absolute Gasteiger partial charge is 0.338 e. The second kappa shape index (κ2) is 10.3. The highest BCUT2D eigenvalue weighted by atomic mass is 31.2. The van der Waals surface area contributed by atoms with E-state index in [1.807, 2.05) is 74.5 Å². The Labute approximate surface area is 189 Å². The number of nitrogens with zero attached hydrogens (tertiary/aromatic N) is 1. The van der Waals surface area contributed by atoms with Crippen LogP contribution in [0.1, 0.15) is 43.5 Å². The van der Waals surface area contributed by atoms with Crippen molar-refractivity contribution in [2.45, 2.75) is 39.3 Å². The minimum atomic E-state index is -3.64.